The number of carbonyl (C=O) groups excluding carboxylic acids is 1. The maximum absolute atomic E-state index is 12.7. The van der Waals surface area contributed by atoms with Crippen molar-refractivity contribution in [3.8, 4) is 11.5 Å². The lowest BCUT2D eigenvalue weighted by Gasteiger charge is -2.24. The van der Waals surface area contributed by atoms with Gasteiger partial charge in [0.25, 0.3) is 5.91 Å². The normalized spacial score (nSPS) is 25.0. The van der Waals surface area contributed by atoms with Crippen molar-refractivity contribution in [3.63, 3.8) is 0 Å². The first-order valence-corrected chi connectivity index (χ1v) is 12.4. The predicted octanol–water partition coefficient (Wildman–Crippen LogP) is 2.91. The van der Waals surface area contributed by atoms with E-state index in [1.165, 1.54) is 11.8 Å². The van der Waals surface area contributed by atoms with Crippen LogP contribution in [0.4, 0.5) is 5.69 Å². The maximum Gasteiger partial charge on any atom is 0.252 e. The van der Waals surface area contributed by atoms with Gasteiger partial charge in [0.2, 0.25) is 6.79 Å². The third-order valence-electron chi connectivity index (χ3n) is 5.22. The fourth-order valence-corrected chi connectivity index (χ4v) is 7.99. The summed E-state index contributed by atoms with van der Waals surface area (Å²) in [7, 11) is -3.14. The number of benzene rings is 2. The summed E-state index contributed by atoms with van der Waals surface area (Å²) in [5.41, 5.74) is 1.43. The highest BCUT2D eigenvalue weighted by Gasteiger charge is 2.49. The lowest BCUT2D eigenvalue weighted by atomic mass is 10.1. The van der Waals surface area contributed by atoms with Gasteiger partial charge in [0, 0.05) is 22.0 Å². The zero-order valence-electron chi connectivity index (χ0n) is 15.7. The molecule has 2 aromatic carbocycles. The third-order valence-corrected chi connectivity index (χ3v) is 8.80. The van der Waals surface area contributed by atoms with Crippen molar-refractivity contribution in [2.45, 2.75) is 17.7 Å². The lowest BCUT2D eigenvalue weighted by Crippen LogP contribution is -2.37. The highest BCUT2D eigenvalue weighted by molar-refractivity contribution is 8.16. The van der Waals surface area contributed by atoms with Crippen molar-refractivity contribution >= 4 is 50.0 Å². The summed E-state index contributed by atoms with van der Waals surface area (Å²) in [6.45, 7) is 0.144. The summed E-state index contributed by atoms with van der Waals surface area (Å²) in [6, 6.07) is 12.3. The van der Waals surface area contributed by atoms with E-state index in [-0.39, 0.29) is 41.9 Å². The second-order valence-electron chi connectivity index (χ2n) is 7.26. The molecule has 0 aliphatic carbocycles. The molecule has 30 heavy (non-hydrogen) atoms. The van der Waals surface area contributed by atoms with Crippen LogP contribution in [0.15, 0.2) is 47.5 Å². The summed E-state index contributed by atoms with van der Waals surface area (Å²) >= 11 is 7.50. The first-order valence-electron chi connectivity index (χ1n) is 9.30. The molecular formula is C20H17ClN2O5S2. The Balaban J connectivity index is 1.48. The molecule has 0 saturated carbocycles. The molecule has 3 heterocycles. The lowest BCUT2D eigenvalue weighted by molar-refractivity contribution is -0.117. The Hall–Kier alpha value is -2.23. The minimum absolute atomic E-state index is 0.0246. The molecule has 2 fully saturated rings. The summed E-state index contributed by atoms with van der Waals surface area (Å²) in [5.74, 6) is 0.981. The summed E-state index contributed by atoms with van der Waals surface area (Å²) in [6.07, 6.45) is 0.0757. The van der Waals surface area contributed by atoms with Crippen molar-refractivity contribution in [2.24, 2.45) is 4.99 Å². The number of ether oxygens (including phenoxy) is 2. The Morgan fingerprint density at radius 1 is 1.17 bits per heavy atom. The summed E-state index contributed by atoms with van der Waals surface area (Å²) < 4.78 is 35.2. The summed E-state index contributed by atoms with van der Waals surface area (Å²) in [4.78, 5) is 18.9. The van der Waals surface area contributed by atoms with E-state index >= 15 is 0 Å². The molecule has 0 aromatic heterocycles. The molecule has 156 valence electrons. The van der Waals surface area contributed by atoms with E-state index in [0.29, 0.717) is 27.3 Å². The van der Waals surface area contributed by atoms with Crippen LogP contribution in [0.5, 0.6) is 11.5 Å². The zero-order valence-corrected chi connectivity index (χ0v) is 18.0. The molecule has 3 aliphatic heterocycles. The van der Waals surface area contributed by atoms with Crippen LogP contribution in [0.25, 0.3) is 0 Å². The fraction of sp³-hybridized carbons (Fsp3) is 0.300. The van der Waals surface area contributed by atoms with Gasteiger partial charge in [-0.15, -0.1) is 0 Å². The average molecular weight is 465 g/mol. The standard InChI is InChI=1S/C20H17ClN2O5S2/c21-14-4-2-1-3-12(14)7-19(24)22-20-23(15-9-30(25,26)10-18(15)29-20)13-5-6-16-17(8-13)28-11-27-16/h1-6,8,15,18H,7,9-11H2. The smallest absolute Gasteiger partial charge is 0.252 e. The number of nitrogens with zero attached hydrogens (tertiary/aromatic N) is 2. The van der Waals surface area contributed by atoms with Crippen molar-refractivity contribution in [2.75, 3.05) is 23.2 Å². The molecule has 2 aromatic rings. The summed E-state index contributed by atoms with van der Waals surface area (Å²) in [5, 5.41) is 0.837. The highest BCUT2D eigenvalue weighted by atomic mass is 35.5. The predicted molar refractivity (Wildman–Crippen MR) is 116 cm³/mol. The van der Waals surface area contributed by atoms with Crippen molar-refractivity contribution in [3.05, 3.63) is 53.1 Å². The molecule has 2 atom stereocenters. The number of anilines is 1. The molecule has 3 aliphatic rings. The molecule has 2 unspecified atom stereocenters. The van der Waals surface area contributed by atoms with Gasteiger partial charge >= 0.3 is 0 Å². The second-order valence-corrected chi connectivity index (χ2v) is 11.0. The van der Waals surface area contributed by atoms with E-state index < -0.39 is 9.84 Å². The molecule has 2 saturated heterocycles. The first kappa shape index (κ1) is 19.7. The Morgan fingerprint density at radius 2 is 1.97 bits per heavy atom. The average Bonchev–Trinajstić information content (AvgIpc) is 3.34. The van der Waals surface area contributed by atoms with Crippen molar-refractivity contribution in [1.29, 1.82) is 0 Å². The van der Waals surface area contributed by atoms with E-state index in [1.54, 1.807) is 30.3 Å². The van der Waals surface area contributed by atoms with Crippen LogP contribution in [0.3, 0.4) is 0 Å². The molecule has 0 radical (unpaired) electrons. The Bertz CT molecular complexity index is 1170. The van der Waals surface area contributed by atoms with Crippen LogP contribution in [0.1, 0.15) is 5.56 Å². The molecule has 7 nitrogen and oxygen atoms in total. The van der Waals surface area contributed by atoms with E-state index in [4.69, 9.17) is 21.1 Å². The van der Waals surface area contributed by atoms with E-state index in [2.05, 4.69) is 4.99 Å². The maximum atomic E-state index is 12.7. The number of thioether (sulfide) groups is 1. The number of carbonyl (C=O) groups is 1. The molecule has 10 heteroatoms. The van der Waals surface area contributed by atoms with Crippen molar-refractivity contribution < 1.29 is 22.7 Å². The van der Waals surface area contributed by atoms with Crippen LogP contribution >= 0.6 is 23.4 Å². The number of hydrogen-bond donors (Lipinski definition) is 0. The zero-order chi connectivity index (χ0) is 20.9. The first-order chi connectivity index (χ1) is 14.4. The number of aliphatic imine (C=N–C) groups is 1. The number of sulfone groups is 1. The van der Waals surface area contributed by atoms with Crippen LogP contribution in [-0.2, 0) is 21.1 Å². The number of hydrogen-bond acceptors (Lipinski definition) is 6. The van der Waals surface area contributed by atoms with Crippen LogP contribution in [0.2, 0.25) is 5.02 Å². The number of amidine groups is 1. The van der Waals surface area contributed by atoms with Gasteiger partial charge in [0.1, 0.15) is 0 Å². The number of halogens is 1. The van der Waals surface area contributed by atoms with Gasteiger partial charge in [-0.1, -0.05) is 41.6 Å². The number of fused-ring (bicyclic) bond motifs is 2. The topological polar surface area (TPSA) is 85.3 Å². The van der Waals surface area contributed by atoms with Gasteiger partial charge in [-0.2, -0.15) is 4.99 Å². The van der Waals surface area contributed by atoms with Crippen LogP contribution in [-0.4, -0.2) is 49.1 Å². The van der Waals surface area contributed by atoms with Crippen molar-refractivity contribution in [1.82, 2.24) is 0 Å². The van der Waals surface area contributed by atoms with Crippen LogP contribution < -0.4 is 14.4 Å². The van der Waals surface area contributed by atoms with E-state index in [0.717, 1.165) is 5.69 Å². The fourth-order valence-electron chi connectivity index (χ4n) is 3.85. The monoisotopic (exact) mass is 464 g/mol. The third kappa shape index (κ3) is 3.66. The molecule has 5 rings (SSSR count). The molecule has 0 spiro atoms. The SMILES string of the molecule is O=C(Cc1ccccc1Cl)N=C1SC2CS(=O)(=O)CC2N1c1ccc2c(c1)OCO2. The van der Waals surface area contributed by atoms with Gasteiger partial charge in [-0.25, -0.2) is 8.42 Å². The van der Waals surface area contributed by atoms with Gasteiger partial charge in [-0.05, 0) is 23.8 Å². The van der Waals surface area contributed by atoms with Gasteiger partial charge in [0.05, 0.1) is 24.0 Å². The quantitative estimate of drug-likeness (QED) is 0.690. The van der Waals surface area contributed by atoms with E-state index in [9.17, 15) is 13.2 Å². The van der Waals surface area contributed by atoms with E-state index in [1.807, 2.05) is 17.0 Å². The number of rotatable bonds is 3. The minimum Gasteiger partial charge on any atom is -0.454 e. The largest absolute Gasteiger partial charge is 0.454 e. The van der Waals surface area contributed by atoms with Crippen LogP contribution in [0, 0.1) is 0 Å². The molecule has 1 amide bonds. The molecule has 0 N–H and O–H groups in total. The highest BCUT2D eigenvalue weighted by Crippen LogP contribution is 2.44. The van der Waals surface area contributed by atoms with Gasteiger partial charge < -0.3 is 14.4 Å². The molecular weight excluding hydrogens is 448 g/mol. The second kappa shape index (κ2) is 7.47. The number of amides is 1. The molecule has 0 bridgehead atoms. The van der Waals surface area contributed by atoms with Gasteiger partial charge in [-0.3, -0.25) is 4.79 Å². The van der Waals surface area contributed by atoms with Gasteiger partial charge in [0.15, 0.2) is 26.5 Å². The Kier molecular flexibility index (Phi) is 4.91. The Morgan fingerprint density at radius 3 is 2.80 bits per heavy atom. The minimum atomic E-state index is -3.14. The Labute approximate surface area is 182 Å².